The molecule has 2 atom stereocenters. The molecule has 0 amide bonds. The zero-order chi connectivity index (χ0) is 12.2. The first-order chi connectivity index (χ1) is 7.74. The molecule has 0 rings (SSSR count). The van der Waals surface area contributed by atoms with E-state index in [0.29, 0.717) is 5.66 Å². The number of hydrogen-bond donors (Lipinski definition) is 1. The molecule has 0 aromatic carbocycles. The first-order valence-corrected chi connectivity index (χ1v) is 6.50. The maximum atomic E-state index is 5.24. The van der Waals surface area contributed by atoms with Gasteiger partial charge in [-0.1, -0.05) is 0 Å². The van der Waals surface area contributed by atoms with Crippen LogP contribution in [-0.2, 0) is 14.2 Å². The van der Waals surface area contributed by atoms with E-state index in [9.17, 15) is 0 Å². The van der Waals surface area contributed by atoms with Crippen molar-refractivity contribution in [3.63, 3.8) is 0 Å². The summed E-state index contributed by atoms with van der Waals surface area (Å²) < 4.78 is 15.5. The average Bonchev–Trinajstić information content (AvgIpc) is 2.30. The number of hydrogen-bond acceptors (Lipinski definition) is 4. The predicted octanol–water partition coefficient (Wildman–Crippen LogP) is 1.26. The number of nitrogens with one attached hydrogen (secondary N) is 1. The van der Waals surface area contributed by atoms with Crippen molar-refractivity contribution in [2.45, 2.75) is 31.7 Å². The Balaban J connectivity index is 3.33. The predicted molar refractivity (Wildman–Crippen MR) is 69.9 cm³/mol. The van der Waals surface area contributed by atoms with Crippen molar-refractivity contribution >= 4 is 9.24 Å². The third-order valence-corrected chi connectivity index (χ3v) is 2.90. The topological polar surface area (TPSA) is 39.7 Å². The van der Waals surface area contributed by atoms with Crippen LogP contribution in [0.1, 0.15) is 19.8 Å². The van der Waals surface area contributed by atoms with Gasteiger partial charge in [0, 0.05) is 33.9 Å². The van der Waals surface area contributed by atoms with Gasteiger partial charge < -0.3 is 19.5 Å². The second-order valence-corrected chi connectivity index (χ2v) is 4.58. The molecule has 0 aromatic heterocycles. The van der Waals surface area contributed by atoms with E-state index in [2.05, 4.69) is 14.6 Å². The second-order valence-electron chi connectivity index (χ2n) is 3.64. The molecule has 0 aliphatic heterocycles. The van der Waals surface area contributed by atoms with Gasteiger partial charge in [-0.15, -0.1) is 9.24 Å². The molecule has 98 valence electrons. The highest BCUT2D eigenvalue weighted by Crippen LogP contribution is 2.11. The number of rotatable bonds is 11. The molecule has 4 nitrogen and oxygen atoms in total. The monoisotopic (exact) mass is 251 g/mol. The lowest BCUT2D eigenvalue weighted by Gasteiger charge is -2.17. The Bertz CT molecular complexity index is 145. The molecule has 1 N–H and O–H groups in total. The fourth-order valence-electron chi connectivity index (χ4n) is 1.36. The van der Waals surface area contributed by atoms with E-state index < -0.39 is 0 Å². The van der Waals surface area contributed by atoms with Crippen LogP contribution in [0.3, 0.4) is 0 Å². The van der Waals surface area contributed by atoms with E-state index >= 15 is 0 Å². The maximum absolute atomic E-state index is 5.24. The molecule has 0 bridgehead atoms. The summed E-state index contributed by atoms with van der Waals surface area (Å²) in [7, 11) is 6.19. The summed E-state index contributed by atoms with van der Waals surface area (Å²) in [5, 5.41) is 3.35. The summed E-state index contributed by atoms with van der Waals surface area (Å²) in [4.78, 5) is 0. The lowest BCUT2D eigenvalue weighted by atomic mass is 10.2. The zero-order valence-electron chi connectivity index (χ0n) is 10.7. The smallest absolute Gasteiger partial charge is 0.156 e. The summed E-state index contributed by atoms with van der Waals surface area (Å²) >= 11 is 0. The highest BCUT2D eigenvalue weighted by molar-refractivity contribution is 7.17. The maximum Gasteiger partial charge on any atom is 0.156 e. The van der Waals surface area contributed by atoms with Crippen LogP contribution in [0.15, 0.2) is 0 Å². The minimum absolute atomic E-state index is 0.0773. The van der Waals surface area contributed by atoms with E-state index in [1.807, 2.05) is 6.92 Å². The van der Waals surface area contributed by atoms with Crippen LogP contribution in [0.5, 0.6) is 0 Å². The number of methoxy groups -OCH3 is 2. The molecule has 0 aliphatic carbocycles. The van der Waals surface area contributed by atoms with Crippen LogP contribution in [-0.4, -0.2) is 52.5 Å². The molecular weight excluding hydrogens is 225 g/mol. The molecule has 0 aliphatic rings. The molecule has 0 saturated heterocycles. The Labute approximate surface area is 102 Å². The van der Waals surface area contributed by atoms with Gasteiger partial charge in [0.25, 0.3) is 0 Å². The molecule has 5 heteroatoms. The largest absolute Gasteiger partial charge is 0.380 e. The van der Waals surface area contributed by atoms with Gasteiger partial charge in [-0.3, -0.25) is 0 Å². The first kappa shape index (κ1) is 16.3. The van der Waals surface area contributed by atoms with Crippen LogP contribution >= 0.6 is 9.24 Å². The third-order valence-electron chi connectivity index (χ3n) is 2.33. The quantitative estimate of drug-likeness (QED) is 0.341. The van der Waals surface area contributed by atoms with Crippen LogP contribution in [0, 0.1) is 0 Å². The van der Waals surface area contributed by atoms with Crippen LogP contribution in [0.4, 0.5) is 0 Å². The van der Waals surface area contributed by atoms with Crippen LogP contribution in [0.2, 0.25) is 0 Å². The molecule has 16 heavy (non-hydrogen) atoms. The van der Waals surface area contributed by atoms with Gasteiger partial charge in [0.2, 0.25) is 0 Å². The normalized spacial score (nSPS) is 13.3. The lowest BCUT2D eigenvalue weighted by molar-refractivity contribution is -0.106. The molecule has 0 fully saturated rings. The van der Waals surface area contributed by atoms with E-state index in [4.69, 9.17) is 14.2 Å². The summed E-state index contributed by atoms with van der Waals surface area (Å²) in [5.74, 6) is 0. The summed E-state index contributed by atoms with van der Waals surface area (Å²) in [6.07, 6.45) is 1.92. The third kappa shape index (κ3) is 9.49. The minimum atomic E-state index is -0.0773. The molecule has 0 heterocycles. The minimum Gasteiger partial charge on any atom is -0.380 e. The van der Waals surface area contributed by atoms with Crippen molar-refractivity contribution in [3.8, 4) is 0 Å². The van der Waals surface area contributed by atoms with Crippen LogP contribution < -0.4 is 5.32 Å². The Morgan fingerprint density at radius 3 is 2.44 bits per heavy atom. The summed E-state index contributed by atoms with van der Waals surface area (Å²) in [6.45, 7) is 5.48. The lowest BCUT2D eigenvalue weighted by Crippen LogP contribution is -2.27. The van der Waals surface area contributed by atoms with Crippen molar-refractivity contribution in [1.29, 1.82) is 0 Å². The van der Waals surface area contributed by atoms with Gasteiger partial charge in [0.1, 0.15) is 0 Å². The molecule has 0 aromatic rings. The van der Waals surface area contributed by atoms with Gasteiger partial charge in [-0.2, -0.15) is 0 Å². The van der Waals surface area contributed by atoms with E-state index in [0.717, 1.165) is 39.1 Å². The SMILES string of the molecule is CCOCCNCC(P)CCC(OC)OC. The van der Waals surface area contributed by atoms with Gasteiger partial charge >= 0.3 is 0 Å². The highest BCUT2D eigenvalue weighted by Gasteiger charge is 2.08. The van der Waals surface area contributed by atoms with Crippen molar-refractivity contribution < 1.29 is 14.2 Å². The zero-order valence-corrected chi connectivity index (χ0v) is 11.9. The Morgan fingerprint density at radius 1 is 1.19 bits per heavy atom. The fraction of sp³-hybridized carbons (Fsp3) is 1.00. The second kappa shape index (κ2) is 11.7. The Kier molecular flexibility index (Phi) is 11.9. The molecule has 0 radical (unpaired) electrons. The van der Waals surface area contributed by atoms with Crippen molar-refractivity contribution in [3.05, 3.63) is 0 Å². The van der Waals surface area contributed by atoms with Crippen molar-refractivity contribution in [2.24, 2.45) is 0 Å². The highest BCUT2D eigenvalue weighted by atomic mass is 31.0. The van der Waals surface area contributed by atoms with E-state index in [1.165, 1.54) is 0 Å². The molecule has 0 saturated carbocycles. The molecule has 0 spiro atoms. The van der Waals surface area contributed by atoms with Gasteiger partial charge in [-0.25, -0.2) is 0 Å². The van der Waals surface area contributed by atoms with E-state index in [-0.39, 0.29) is 6.29 Å². The molecular formula is C11H26NO3P. The fourth-order valence-corrected chi connectivity index (χ4v) is 1.72. The van der Waals surface area contributed by atoms with Gasteiger partial charge in [0.05, 0.1) is 6.61 Å². The first-order valence-electron chi connectivity index (χ1n) is 5.84. The van der Waals surface area contributed by atoms with Crippen molar-refractivity contribution in [1.82, 2.24) is 5.32 Å². The summed E-state index contributed by atoms with van der Waals surface area (Å²) in [5.41, 5.74) is 0.550. The average molecular weight is 251 g/mol. The standard InChI is InChI=1S/C11H26NO3P/c1-4-15-8-7-12-9-10(16)5-6-11(13-2)14-3/h10-12H,4-9,16H2,1-3H3. The van der Waals surface area contributed by atoms with Gasteiger partial charge in [-0.05, 0) is 25.4 Å². The number of ether oxygens (including phenoxy) is 3. The summed E-state index contributed by atoms with van der Waals surface area (Å²) in [6, 6.07) is 0. The van der Waals surface area contributed by atoms with Crippen molar-refractivity contribution in [2.75, 3.05) is 40.5 Å². The van der Waals surface area contributed by atoms with Crippen LogP contribution in [0.25, 0.3) is 0 Å². The Morgan fingerprint density at radius 2 is 1.88 bits per heavy atom. The Hall–Kier alpha value is 0.270. The molecule has 2 unspecified atom stereocenters. The van der Waals surface area contributed by atoms with Gasteiger partial charge in [0.15, 0.2) is 6.29 Å². The van der Waals surface area contributed by atoms with E-state index in [1.54, 1.807) is 14.2 Å².